The lowest BCUT2D eigenvalue weighted by atomic mass is 9.90. The van der Waals surface area contributed by atoms with E-state index in [1.807, 2.05) is 13.8 Å². The highest BCUT2D eigenvalue weighted by atomic mass is 19.4. The van der Waals surface area contributed by atoms with Crippen LogP contribution in [0.15, 0.2) is 48.8 Å². The van der Waals surface area contributed by atoms with Crippen molar-refractivity contribution in [2.45, 2.75) is 50.8 Å². The normalized spacial score (nSPS) is 15.8. The molecule has 2 aromatic carbocycles. The standard InChI is InChI=1S/C30H25F4N9/c1-28(2,9-10-35)17-39-26-20(14-37)15-38-25-19(13-36)11-22(12-23(25)26)40-27(18-3-5-21(31)6-4-18)24-16-43(42-41-24)29(7-8-29)30(32,33)34/h3-6,11-12,15-16,27,40H,7-9,17H2,1-2H3,(H,38,39)/t27-/m0/s1/i27D. The number of nitrogens with one attached hydrogen (secondary N) is 2. The summed E-state index contributed by atoms with van der Waals surface area (Å²) in [4.78, 5) is 4.30. The second-order valence-corrected chi connectivity index (χ2v) is 11.1. The number of nitriles is 3. The van der Waals surface area contributed by atoms with Gasteiger partial charge in [0.15, 0.2) is 5.54 Å². The molecule has 0 spiro atoms. The minimum absolute atomic E-state index is 0.0907. The van der Waals surface area contributed by atoms with E-state index in [1.165, 1.54) is 24.4 Å². The van der Waals surface area contributed by atoms with Crippen molar-refractivity contribution in [3.63, 3.8) is 0 Å². The summed E-state index contributed by atoms with van der Waals surface area (Å²) >= 11 is 0. The van der Waals surface area contributed by atoms with Crippen LogP contribution in [0, 0.1) is 45.2 Å². The Balaban J connectivity index is 1.64. The average molecular weight is 589 g/mol. The molecular weight excluding hydrogens is 562 g/mol. The van der Waals surface area contributed by atoms with E-state index in [4.69, 9.17) is 0 Å². The number of anilines is 2. The molecule has 1 atom stereocenters. The molecule has 5 rings (SSSR count). The fourth-order valence-electron chi connectivity index (χ4n) is 4.73. The molecule has 0 radical (unpaired) electrons. The third-order valence-electron chi connectivity index (χ3n) is 7.36. The van der Waals surface area contributed by atoms with E-state index < -0.39 is 29.0 Å². The molecule has 13 heteroatoms. The van der Waals surface area contributed by atoms with Crippen LogP contribution in [0.5, 0.6) is 0 Å². The van der Waals surface area contributed by atoms with Gasteiger partial charge in [0, 0.05) is 30.2 Å². The predicted molar refractivity (Wildman–Crippen MR) is 149 cm³/mol. The highest BCUT2D eigenvalue weighted by Crippen LogP contribution is 2.55. The third-order valence-corrected chi connectivity index (χ3v) is 7.36. The number of pyridine rings is 1. The maximum absolute atomic E-state index is 13.9. The van der Waals surface area contributed by atoms with Crippen LogP contribution < -0.4 is 10.6 Å². The molecule has 1 fully saturated rings. The monoisotopic (exact) mass is 588 g/mol. The first-order chi connectivity index (χ1) is 20.8. The Morgan fingerprint density at radius 3 is 2.40 bits per heavy atom. The van der Waals surface area contributed by atoms with E-state index in [1.54, 1.807) is 6.07 Å². The van der Waals surface area contributed by atoms with Gasteiger partial charge in [-0.2, -0.15) is 29.0 Å². The van der Waals surface area contributed by atoms with Crippen LogP contribution in [0.25, 0.3) is 10.9 Å². The quantitative estimate of drug-likeness (QED) is 0.217. The van der Waals surface area contributed by atoms with Crippen LogP contribution in [0.2, 0.25) is 0 Å². The van der Waals surface area contributed by atoms with Gasteiger partial charge < -0.3 is 10.6 Å². The number of fused-ring (bicyclic) bond motifs is 1. The summed E-state index contributed by atoms with van der Waals surface area (Å²) in [7, 11) is 0. The van der Waals surface area contributed by atoms with Gasteiger partial charge in [0.05, 0.1) is 42.0 Å². The van der Waals surface area contributed by atoms with Crippen LogP contribution >= 0.6 is 0 Å². The summed E-state index contributed by atoms with van der Waals surface area (Å²) in [5, 5.41) is 43.2. The van der Waals surface area contributed by atoms with Gasteiger partial charge in [-0.15, -0.1) is 5.10 Å². The van der Waals surface area contributed by atoms with E-state index in [0.717, 1.165) is 18.3 Å². The Bertz CT molecular complexity index is 1860. The van der Waals surface area contributed by atoms with Crippen LogP contribution in [0.1, 0.15) is 62.9 Å². The van der Waals surface area contributed by atoms with E-state index in [2.05, 4.69) is 44.1 Å². The number of benzene rings is 2. The van der Waals surface area contributed by atoms with Gasteiger partial charge in [-0.25, -0.2) is 9.07 Å². The highest BCUT2D eigenvalue weighted by Gasteiger charge is 2.66. The minimum Gasteiger partial charge on any atom is -0.383 e. The van der Waals surface area contributed by atoms with E-state index >= 15 is 0 Å². The maximum Gasteiger partial charge on any atom is 0.413 e. The van der Waals surface area contributed by atoms with Gasteiger partial charge in [0.25, 0.3) is 0 Å². The molecule has 1 saturated carbocycles. The highest BCUT2D eigenvalue weighted by molar-refractivity contribution is 5.99. The molecule has 2 N–H and O–H groups in total. The van der Waals surface area contributed by atoms with Crippen molar-refractivity contribution >= 4 is 22.3 Å². The van der Waals surface area contributed by atoms with Crippen LogP contribution in [0.3, 0.4) is 0 Å². The molecule has 2 aromatic heterocycles. The Morgan fingerprint density at radius 2 is 1.79 bits per heavy atom. The molecule has 1 aliphatic rings. The Morgan fingerprint density at radius 1 is 1.09 bits per heavy atom. The topological polar surface area (TPSA) is 139 Å². The van der Waals surface area contributed by atoms with Crippen molar-refractivity contribution in [2.24, 2.45) is 5.41 Å². The Hall–Kier alpha value is -5.22. The smallest absolute Gasteiger partial charge is 0.383 e. The molecule has 0 bridgehead atoms. The molecule has 0 aliphatic heterocycles. The number of alkyl halides is 3. The zero-order chi connectivity index (χ0) is 31.9. The molecule has 9 nitrogen and oxygen atoms in total. The van der Waals surface area contributed by atoms with Gasteiger partial charge in [0.2, 0.25) is 0 Å². The summed E-state index contributed by atoms with van der Waals surface area (Å²) < 4.78 is 65.5. The molecule has 218 valence electrons. The van der Waals surface area contributed by atoms with Gasteiger partial charge in [-0.05, 0) is 48.1 Å². The molecule has 1 aliphatic carbocycles. The Labute approximate surface area is 245 Å². The number of aromatic nitrogens is 4. The molecule has 2 heterocycles. The molecule has 0 saturated heterocycles. The third kappa shape index (κ3) is 5.64. The molecular formula is C30H25F4N9. The largest absolute Gasteiger partial charge is 0.413 e. The lowest BCUT2D eigenvalue weighted by Gasteiger charge is -2.24. The molecule has 0 unspecified atom stereocenters. The fourth-order valence-corrected chi connectivity index (χ4v) is 4.73. The number of nitrogens with zero attached hydrogens (tertiary/aromatic N) is 7. The van der Waals surface area contributed by atoms with E-state index in [-0.39, 0.29) is 52.9 Å². The fraction of sp³-hybridized carbons (Fsp3) is 0.333. The minimum atomic E-state index is -4.58. The van der Waals surface area contributed by atoms with Crippen molar-refractivity contribution in [1.82, 2.24) is 20.0 Å². The van der Waals surface area contributed by atoms with Crippen LogP contribution in [0.4, 0.5) is 28.9 Å². The first-order valence-electron chi connectivity index (χ1n) is 13.7. The molecule has 4 aromatic rings. The summed E-state index contributed by atoms with van der Waals surface area (Å²) in [6.45, 7) is 4.05. The SMILES string of the molecule is [2H][C@](Nc1cc(C#N)c2ncc(C#N)c(NCC(C)(C)CC#N)c2c1)(c1ccc(F)cc1)c1cn(C2(C(F)(F)F)CC2)nn1. The van der Waals surface area contributed by atoms with Gasteiger partial charge in [-0.3, -0.25) is 4.98 Å². The number of halogens is 4. The first kappa shape index (κ1) is 27.9. The van der Waals surface area contributed by atoms with Crippen molar-refractivity contribution < 1.29 is 18.9 Å². The lowest BCUT2D eigenvalue weighted by Crippen LogP contribution is -2.35. The Kier molecular flexibility index (Phi) is 7.07. The van der Waals surface area contributed by atoms with Crippen molar-refractivity contribution in [3.8, 4) is 18.2 Å². The van der Waals surface area contributed by atoms with Crippen molar-refractivity contribution in [2.75, 3.05) is 17.2 Å². The zero-order valence-electron chi connectivity index (χ0n) is 24.1. The summed E-state index contributed by atoms with van der Waals surface area (Å²) in [5.41, 5.74) is -1.67. The first-order valence-corrected chi connectivity index (χ1v) is 13.2. The second-order valence-electron chi connectivity index (χ2n) is 11.1. The zero-order valence-corrected chi connectivity index (χ0v) is 23.1. The van der Waals surface area contributed by atoms with Gasteiger partial charge >= 0.3 is 6.18 Å². The summed E-state index contributed by atoms with van der Waals surface area (Å²) in [6.07, 6.45) is -2.33. The van der Waals surface area contributed by atoms with Gasteiger partial charge in [0.1, 0.15) is 23.6 Å². The molecule has 43 heavy (non-hydrogen) atoms. The van der Waals surface area contributed by atoms with Gasteiger partial charge in [-0.1, -0.05) is 31.2 Å². The average Bonchev–Trinajstić information content (AvgIpc) is 3.65. The second kappa shape index (κ2) is 10.9. The predicted octanol–water partition coefficient (Wildman–Crippen LogP) is 6.31. The summed E-state index contributed by atoms with van der Waals surface area (Å²) in [5.74, 6) is -0.587. The van der Waals surface area contributed by atoms with Crippen molar-refractivity contribution in [3.05, 3.63) is 77.0 Å². The van der Waals surface area contributed by atoms with Crippen molar-refractivity contribution in [1.29, 1.82) is 15.8 Å². The number of rotatable bonds is 9. The van der Waals surface area contributed by atoms with Crippen LogP contribution in [-0.2, 0) is 5.54 Å². The van der Waals surface area contributed by atoms with E-state index in [9.17, 15) is 34.7 Å². The summed E-state index contributed by atoms with van der Waals surface area (Å²) in [6, 6.07) is 12.0. The lowest BCUT2D eigenvalue weighted by molar-refractivity contribution is -0.182. The molecule has 0 amide bonds. The number of hydrogen-bond donors (Lipinski definition) is 2. The number of hydrogen-bond acceptors (Lipinski definition) is 8. The van der Waals surface area contributed by atoms with Crippen LogP contribution in [-0.4, -0.2) is 32.7 Å². The maximum atomic E-state index is 13.9. The van der Waals surface area contributed by atoms with E-state index in [0.29, 0.717) is 22.3 Å².